The molecule has 5 rings (SSSR count). The molecule has 1 aliphatic rings. The summed E-state index contributed by atoms with van der Waals surface area (Å²) in [7, 11) is 0. The van der Waals surface area contributed by atoms with Crippen LogP contribution >= 0.6 is 11.3 Å². The maximum atomic E-state index is 13.5. The van der Waals surface area contributed by atoms with Crippen LogP contribution in [0.25, 0.3) is 16.0 Å². The molecule has 2 heterocycles. The number of ether oxygens (including phenoxy) is 1. The molecule has 1 unspecified atom stereocenters. The van der Waals surface area contributed by atoms with Gasteiger partial charge in [-0.25, -0.2) is 9.37 Å². The summed E-state index contributed by atoms with van der Waals surface area (Å²) >= 11 is 1.27. The van der Waals surface area contributed by atoms with Crippen molar-refractivity contribution in [3.8, 4) is 5.75 Å². The first kappa shape index (κ1) is 23.7. The maximum absolute atomic E-state index is 13.5. The third-order valence-corrected chi connectivity index (χ3v) is 7.15. The quantitative estimate of drug-likeness (QED) is 0.198. The van der Waals surface area contributed by atoms with Crippen LogP contribution in [-0.4, -0.2) is 28.4 Å². The number of benzene rings is 3. The number of nitrogens with zero attached hydrogens (tertiary/aromatic N) is 2. The van der Waals surface area contributed by atoms with Crippen molar-refractivity contribution in [2.45, 2.75) is 26.3 Å². The molecule has 36 heavy (non-hydrogen) atoms. The van der Waals surface area contributed by atoms with E-state index in [1.54, 1.807) is 12.1 Å². The number of aliphatic hydroxyl groups excluding tert-OH is 1. The van der Waals surface area contributed by atoms with Crippen LogP contribution in [0.4, 0.5) is 9.52 Å². The Bertz CT molecular complexity index is 1490. The fourth-order valence-corrected chi connectivity index (χ4v) is 5.32. The zero-order valence-electron chi connectivity index (χ0n) is 19.7. The van der Waals surface area contributed by atoms with Crippen LogP contribution in [0, 0.1) is 5.82 Å². The SMILES string of the molecule is CCOc1ccc2nc(N3C(=O)C(=O)C(=C(O)c4ccc(F)cc4)C3c3ccc(CC)cc3)sc2c1. The van der Waals surface area contributed by atoms with Crippen molar-refractivity contribution in [2.24, 2.45) is 0 Å². The second kappa shape index (κ2) is 9.54. The van der Waals surface area contributed by atoms with Crippen LogP contribution in [0.1, 0.15) is 36.6 Å². The molecule has 0 spiro atoms. The number of carbonyl (C=O) groups excluding carboxylic acids is 2. The smallest absolute Gasteiger partial charge is 0.301 e. The number of hydrogen-bond acceptors (Lipinski definition) is 6. The summed E-state index contributed by atoms with van der Waals surface area (Å²) < 4.78 is 19.9. The molecule has 3 aromatic carbocycles. The number of hydrogen-bond donors (Lipinski definition) is 1. The van der Waals surface area contributed by atoms with Gasteiger partial charge in [0.1, 0.15) is 17.3 Å². The van der Waals surface area contributed by atoms with E-state index in [0.29, 0.717) is 28.6 Å². The van der Waals surface area contributed by atoms with Gasteiger partial charge >= 0.3 is 5.91 Å². The molecular formula is C28H23FN2O4S. The number of amides is 1. The normalized spacial score (nSPS) is 17.2. The number of thiazole rings is 1. The first-order valence-corrected chi connectivity index (χ1v) is 12.4. The summed E-state index contributed by atoms with van der Waals surface area (Å²) in [6, 6.07) is 17.3. The molecule has 1 aliphatic heterocycles. The molecule has 0 bridgehead atoms. The van der Waals surface area contributed by atoms with Crippen molar-refractivity contribution in [3.63, 3.8) is 0 Å². The average Bonchev–Trinajstić information content (AvgIpc) is 3.42. The lowest BCUT2D eigenvalue weighted by Crippen LogP contribution is -2.29. The minimum atomic E-state index is -0.895. The van der Waals surface area contributed by atoms with Crippen molar-refractivity contribution >= 4 is 44.1 Å². The Morgan fingerprint density at radius 1 is 1.06 bits per heavy atom. The van der Waals surface area contributed by atoms with E-state index in [-0.39, 0.29) is 16.9 Å². The van der Waals surface area contributed by atoms with E-state index in [1.165, 1.54) is 40.5 Å². The van der Waals surface area contributed by atoms with Crippen molar-refractivity contribution in [1.29, 1.82) is 0 Å². The van der Waals surface area contributed by atoms with Crippen molar-refractivity contribution in [1.82, 2.24) is 4.98 Å². The van der Waals surface area contributed by atoms with Crippen LogP contribution < -0.4 is 9.64 Å². The molecule has 1 N–H and O–H groups in total. The van der Waals surface area contributed by atoms with Gasteiger partial charge in [0.2, 0.25) is 0 Å². The monoisotopic (exact) mass is 502 g/mol. The van der Waals surface area contributed by atoms with E-state index >= 15 is 0 Å². The number of halogens is 1. The summed E-state index contributed by atoms with van der Waals surface area (Å²) in [5.74, 6) is -1.76. The minimum Gasteiger partial charge on any atom is -0.507 e. The Balaban J connectivity index is 1.68. The molecule has 182 valence electrons. The van der Waals surface area contributed by atoms with Crippen LogP contribution in [0.3, 0.4) is 0 Å². The molecule has 1 atom stereocenters. The van der Waals surface area contributed by atoms with Crippen LogP contribution in [-0.2, 0) is 16.0 Å². The average molecular weight is 503 g/mol. The highest BCUT2D eigenvalue weighted by Crippen LogP contribution is 2.44. The second-order valence-corrected chi connectivity index (χ2v) is 9.34. The number of aliphatic hydroxyl groups is 1. The third-order valence-electron chi connectivity index (χ3n) is 6.13. The predicted molar refractivity (Wildman–Crippen MR) is 138 cm³/mol. The first-order chi connectivity index (χ1) is 17.4. The summed E-state index contributed by atoms with van der Waals surface area (Å²) in [6.45, 7) is 4.45. The Morgan fingerprint density at radius 2 is 1.78 bits per heavy atom. The van der Waals surface area contributed by atoms with Gasteiger partial charge in [-0.05, 0) is 66.9 Å². The molecule has 0 aliphatic carbocycles. The van der Waals surface area contributed by atoms with Crippen molar-refractivity contribution in [3.05, 3.63) is 94.8 Å². The Kier molecular flexibility index (Phi) is 6.28. The first-order valence-electron chi connectivity index (χ1n) is 11.6. The number of fused-ring (bicyclic) bond motifs is 1. The molecule has 1 saturated heterocycles. The number of anilines is 1. The number of Topliss-reactive ketones (excluding diaryl/α,β-unsaturated/α-hetero) is 1. The highest BCUT2D eigenvalue weighted by atomic mass is 32.1. The number of rotatable bonds is 6. The van der Waals surface area contributed by atoms with Gasteiger partial charge in [0, 0.05) is 5.56 Å². The van der Waals surface area contributed by atoms with Crippen LogP contribution in [0.15, 0.2) is 72.3 Å². The zero-order valence-corrected chi connectivity index (χ0v) is 20.5. The van der Waals surface area contributed by atoms with Crippen LogP contribution in [0.5, 0.6) is 5.75 Å². The fraction of sp³-hybridized carbons (Fsp3) is 0.179. The van der Waals surface area contributed by atoms with Gasteiger partial charge in [-0.1, -0.05) is 42.5 Å². The highest BCUT2D eigenvalue weighted by molar-refractivity contribution is 7.22. The molecule has 4 aromatic rings. The number of ketones is 1. The number of carbonyl (C=O) groups is 2. The van der Waals surface area contributed by atoms with Gasteiger partial charge in [-0.3, -0.25) is 14.5 Å². The van der Waals surface area contributed by atoms with E-state index in [4.69, 9.17) is 4.74 Å². The lowest BCUT2D eigenvalue weighted by atomic mass is 9.94. The van der Waals surface area contributed by atoms with E-state index in [2.05, 4.69) is 4.98 Å². The molecule has 0 saturated carbocycles. The van der Waals surface area contributed by atoms with Gasteiger partial charge in [-0.15, -0.1) is 0 Å². The highest BCUT2D eigenvalue weighted by Gasteiger charge is 2.48. The molecule has 0 radical (unpaired) electrons. The molecule has 1 fully saturated rings. The van der Waals surface area contributed by atoms with E-state index in [0.717, 1.165) is 16.7 Å². The van der Waals surface area contributed by atoms with Crippen molar-refractivity contribution < 1.29 is 23.8 Å². The van der Waals surface area contributed by atoms with Gasteiger partial charge in [0.25, 0.3) is 5.78 Å². The minimum absolute atomic E-state index is 0.0647. The summed E-state index contributed by atoms with van der Waals surface area (Å²) in [5, 5.41) is 11.5. The van der Waals surface area contributed by atoms with Gasteiger partial charge < -0.3 is 9.84 Å². The van der Waals surface area contributed by atoms with Crippen LogP contribution in [0.2, 0.25) is 0 Å². The molecule has 1 amide bonds. The molecule has 8 heteroatoms. The van der Waals surface area contributed by atoms with Gasteiger partial charge in [-0.2, -0.15) is 0 Å². The van der Waals surface area contributed by atoms with E-state index in [9.17, 15) is 19.1 Å². The summed E-state index contributed by atoms with van der Waals surface area (Å²) in [4.78, 5) is 32.6. The van der Waals surface area contributed by atoms with E-state index in [1.807, 2.05) is 44.2 Å². The molecular weight excluding hydrogens is 479 g/mol. The van der Waals surface area contributed by atoms with E-state index < -0.39 is 23.5 Å². The largest absolute Gasteiger partial charge is 0.507 e. The lowest BCUT2D eigenvalue weighted by molar-refractivity contribution is -0.132. The second-order valence-electron chi connectivity index (χ2n) is 8.33. The zero-order chi connectivity index (χ0) is 25.4. The Hall–Kier alpha value is -4.04. The van der Waals surface area contributed by atoms with Gasteiger partial charge in [0.05, 0.1) is 28.4 Å². The summed E-state index contributed by atoms with van der Waals surface area (Å²) in [5.41, 5.74) is 2.60. The summed E-state index contributed by atoms with van der Waals surface area (Å²) in [6.07, 6.45) is 0.829. The number of aryl methyl sites for hydroxylation is 1. The Morgan fingerprint density at radius 3 is 2.44 bits per heavy atom. The van der Waals surface area contributed by atoms with Gasteiger partial charge in [0.15, 0.2) is 5.13 Å². The molecule has 1 aromatic heterocycles. The lowest BCUT2D eigenvalue weighted by Gasteiger charge is -2.23. The van der Waals surface area contributed by atoms with Crippen molar-refractivity contribution in [2.75, 3.05) is 11.5 Å². The number of aromatic nitrogens is 1. The standard InChI is InChI=1S/C28H23FN2O4S/c1-3-16-5-7-17(8-6-16)24-23(25(32)18-9-11-19(29)12-10-18)26(33)27(34)31(24)28-30-21-14-13-20(35-4-2)15-22(21)36-28/h5-15,24,32H,3-4H2,1-2H3. The topological polar surface area (TPSA) is 79.7 Å². The maximum Gasteiger partial charge on any atom is 0.301 e. The predicted octanol–water partition coefficient (Wildman–Crippen LogP) is 6.02. The third kappa shape index (κ3) is 4.13. The molecule has 6 nitrogen and oxygen atoms in total. The Labute approximate surface area is 211 Å². The fourth-order valence-electron chi connectivity index (χ4n) is 4.30.